The normalized spacial score (nSPS) is 11.6. The number of aliphatic carboxylic acids is 1. The number of hydrogen-bond donors (Lipinski definition) is 3. The van der Waals surface area contributed by atoms with Gasteiger partial charge in [-0.3, -0.25) is 24.0 Å². The number of carboxylic acid groups (broad SMARTS) is 1. The Morgan fingerprint density at radius 3 is 1.71 bits per heavy atom. The Morgan fingerprint density at radius 1 is 0.804 bits per heavy atom. The van der Waals surface area contributed by atoms with Gasteiger partial charge in [0.25, 0.3) is 0 Å². The molecule has 3 N–H and O–H groups in total. The predicted molar refractivity (Wildman–Crippen MR) is 169 cm³/mol. The van der Waals surface area contributed by atoms with Gasteiger partial charge in [0.15, 0.2) is 0 Å². The van der Waals surface area contributed by atoms with Crippen molar-refractivity contribution in [3.63, 3.8) is 0 Å². The number of amides is 3. The molecule has 51 heavy (non-hydrogen) atoms. The number of alkyl halides is 3. The van der Waals surface area contributed by atoms with E-state index >= 15 is 0 Å². The van der Waals surface area contributed by atoms with Crippen molar-refractivity contribution in [3.05, 3.63) is 82.2 Å². The Hall–Kier alpha value is -5.68. The fourth-order valence-corrected chi connectivity index (χ4v) is 3.82. The van der Waals surface area contributed by atoms with Crippen LogP contribution in [0.15, 0.2) is 65.8 Å². The zero-order chi connectivity index (χ0) is 38.1. The SMILES string of the molecule is CC(=O)N[C@H](CCC(=O)OCc1ccccc1)C(=O)N[C@@H](CCC(=O)OCc1ccccc1)C(=O)NCCOCCN=[N+]=[N-].O=C([O-])C(F)(F)F. The molecule has 0 saturated heterocycles. The van der Waals surface area contributed by atoms with Gasteiger partial charge in [-0.1, -0.05) is 65.8 Å². The molecule has 0 unspecified atom stereocenters. The first-order valence-corrected chi connectivity index (χ1v) is 15.3. The highest BCUT2D eigenvalue weighted by Crippen LogP contribution is 2.11. The first-order chi connectivity index (χ1) is 24.2. The summed E-state index contributed by atoms with van der Waals surface area (Å²) in [6, 6.07) is 15.9. The van der Waals surface area contributed by atoms with Crippen LogP contribution >= 0.6 is 0 Å². The molecule has 0 spiro atoms. The number of hydrogen-bond acceptors (Lipinski definition) is 11. The molecule has 0 aliphatic heterocycles. The van der Waals surface area contributed by atoms with Gasteiger partial charge in [0.1, 0.15) is 31.3 Å². The van der Waals surface area contributed by atoms with Crippen molar-refractivity contribution in [3.8, 4) is 0 Å². The molecule has 19 heteroatoms. The molecule has 2 rings (SSSR count). The topological polar surface area (TPSA) is 238 Å². The maximum atomic E-state index is 13.2. The lowest BCUT2D eigenvalue weighted by atomic mass is 10.1. The molecule has 0 aromatic heterocycles. The Balaban J connectivity index is 0.00000167. The van der Waals surface area contributed by atoms with Crippen LogP contribution in [-0.2, 0) is 56.2 Å². The van der Waals surface area contributed by atoms with E-state index in [1.807, 2.05) is 36.4 Å². The van der Waals surface area contributed by atoms with E-state index in [1.165, 1.54) is 6.92 Å². The fraction of sp³-hybridized carbons (Fsp3) is 0.438. The van der Waals surface area contributed by atoms with Crippen molar-refractivity contribution in [2.24, 2.45) is 5.11 Å². The molecule has 0 aliphatic carbocycles. The monoisotopic (exact) mass is 723 g/mol. The summed E-state index contributed by atoms with van der Waals surface area (Å²) in [5.74, 6) is -5.94. The van der Waals surface area contributed by atoms with Crippen molar-refractivity contribution in [1.29, 1.82) is 0 Å². The van der Waals surface area contributed by atoms with Gasteiger partial charge in [-0.05, 0) is 29.5 Å². The number of esters is 2. The zero-order valence-electron chi connectivity index (χ0n) is 27.6. The van der Waals surface area contributed by atoms with Crippen LogP contribution < -0.4 is 21.1 Å². The maximum absolute atomic E-state index is 13.2. The number of rotatable bonds is 20. The van der Waals surface area contributed by atoms with Gasteiger partial charge in [-0.25, -0.2) is 0 Å². The standard InChI is InChI=1S/C30H38N6O8.C2HF3O2/c1-22(37)34-26(13-15-28(39)44-21-24-10-6-3-7-11-24)30(41)35-25(29(40)32-16-18-42-19-17-33-36-31)12-14-27(38)43-20-23-8-4-2-5-9-23;3-2(4,5)1(6)7/h2-11,25-26H,12-21H2,1H3,(H,32,40)(H,34,37)(H,35,41);(H,6,7)/p-1/t25-,26+;/m0./s1. The van der Waals surface area contributed by atoms with E-state index in [0.717, 1.165) is 11.1 Å². The third kappa shape index (κ3) is 21.1. The number of benzene rings is 2. The molecule has 2 aromatic carbocycles. The minimum absolute atomic E-state index is 0.0566. The lowest BCUT2D eigenvalue weighted by Gasteiger charge is -2.22. The number of carbonyl (C=O) groups excluding carboxylic acids is 6. The second-order valence-corrected chi connectivity index (χ2v) is 10.3. The van der Waals surface area contributed by atoms with E-state index in [9.17, 15) is 37.1 Å². The molecule has 16 nitrogen and oxygen atoms in total. The van der Waals surface area contributed by atoms with Crippen LogP contribution in [0.1, 0.15) is 43.7 Å². The summed E-state index contributed by atoms with van der Waals surface area (Å²) in [4.78, 5) is 74.1. The quantitative estimate of drug-likeness (QED) is 0.0588. The lowest BCUT2D eigenvalue weighted by Crippen LogP contribution is -2.54. The van der Waals surface area contributed by atoms with Crippen molar-refractivity contribution < 1.29 is 61.3 Å². The minimum atomic E-state index is -5.19. The predicted octanol–water partition coefficient (Wildman–Crippen LogP) is 1.76. The smallest absolute Gasteiger partial charge is 0.430 e. The first kappa shape index (κ1) is 43.3. The maximum Gasteiger partial charge on any atom is 0.430 e. The lowest BCUT2D eigenvalue weighted by molar-refractivity contribution is -0.344. The highest BCUT2D eigenvalue weighted by molar-refractivity contribution is 5.92. The van der Waals surface area contributed by atoms with Crippen LogP contribution in [0.3, 0.4) is 0 Å². The van der Waals surface area contributed by atoms with Gasteiger partial charge >= 0.3 is 18.1 Å². The van der Waals surface area contributed by atoms with Crippen molar-refractivity contribution in [1.82, 2.24) is 16.0 Å². The molecular formula is C32H38F3N6O10-. The van der Waals surface area contributed by atoms with E-state index in [-0.39, 0.29) is 65.2 Å². The van der Waals surface area contributed by atoms with Gasteiger partial charge in [-0.15, -0.1) is 0 Å². The third-order valence-electron chi connectivity index (χ3n) is 6.26. The van der Waals surface area contributed by atoms with Gasteiger partial charge < -0.3 is 40.1 Å². The summed E-state index contributed by atoms with van der Waals surface area (Å²) in [7, 11) is 0. The first-order valence-electron chi connectivity index (χ1n) is 15.3. The average molecular weight is 724 g/mol. The summed E-state index contributed by atoms with van der Waals surface area (Å²) >= 11 is 0. The summed E-state index contributed by atoms with van der Waals surface area (Å²) in [5, 5.41) is 19.8. The Bertz CT molecular complexity index is 1460. The van der Waals surface area contributed by atoms with Crippen LogP contribution in [0, 0.1) is 0 Å². The number of carbonyl (C=O) groups is 6. The molecule has 0 saturated carbocycles. The molecule has 0 fully saturated rings. The summed E-state index contributed by atoms with van der Waals surface area (Å²) < 4.78 is 47.4. The molecule has 2 atom stereocenters. The van der Waals surface area contributed by atoms with Crippen LogP contribution in [0.5, 0.6) is 0 Å². The molecule has 0 bridgehead atoms. The van der Waals surface area contributed by atoms with Crippen LogP contribution in [0.2, 0.25) is 0 Å². The highest BCUT2D eigenvalue weighted by Gasteiger charge is 2.29. The van der Waals surface area contributed by atoms with E-state index in [0.29, 0.717) is 0 Å². The summed E-state index contributed by atoms with van der Waals surface area (Å²) in [6.45, 7) is 1.85. The highest BCUT2D eigenvalue weighted by atomic mass is 19.4. The second-order valence-electron chi connectivity index (χ2n) is 10.3. The second kappa shape index (κ2) is 24.5. The molecule has 0 radical (unpaired) electrons. The van der Waals surface area contributed by atoms with Crippen molar-refractivity contribution in [2.45, 2.75) is 64.1 Å². The van der Waals surface area contributed by atoms with Crippen LogP contribution in [0.4, 0.5) is 13.2 Å². The average Bonchev–Trinajstić information content (AvgIpc) is 3.10. The third-order valence-corrected chi connectivity index (χ3v) is 6.26. The minimum Gasteiger partial charge on any atom is -0.542 e. The van der Waals surface area contributed by atoms with Gasteiger partial charge in [-0.2, -0.15) is 13.2 Å². The number of carboxylic acids is 1. The van der Waals surface area contributed by atoms with Gasteiger partial charge in [0.05, 0.1) is 13.2 Å². The number of nitrogens with zero attached hydrogens (tertiary/aromatic N) is 3. The van der Waals surface area contributed by atoms with Gasteiger partial charge in [0.2, 0.25) is 17.7 Å². The van der Waals surface area contributed by atoms with E-state index in [4.69, 9.17) is 29.6 Å². The Morgan fingerprint density at radius 2 is 1.27 bits per heavy atom. The zero-order valence-corrected chi connectivity index (χ0v) is 27.6. The Labute approximate surface area is 290 Å². The Kier molecular flexibility index (Phi) is 20.8. The summed E-state index contributed by atoms with van der Waals surface area (Å²) in [5.41, 5.74) is 9.90. The molecular weight excluding hydrogens is 685 g/mol. The molecule has 3 amide bonds. The largest absolute Gasteiger partial charge is 0.542 e. The van der Waals surface area contributed by atoms with E-state index in [2.05, 4.69) is 26.0 Å². The number of halogens is 3. The van der Waals surface area contributed by atoms with Gasteiger partial charge in [0, 0.05) is 37.8 Å². The molecule has 2 aromatic rings. The van der Waals surface area contributed by atoms with E-state index in [1.54, 1.807) is 24.3 Å². The molecule has 278 valence electrons. The molecule has 0 aliphatic rings. The number of azide groups is 1. The van der Waals surface area contributed by atoms with Crippen molar-refractivity contribution >= 4 is 35.6 Å². The molecule has 0 heterocycles. The fourth-order valence-electron chi connectivity index (χ4n) is 3.82. The van der Waals surface area contributed by atoms with Crippen molar-refractivity contribution in [2.75, 3.05) is 26.3 Å². The number of ether oxygens (including phenoxy) is 3. The van der Waals surface area contributed by atoms with Crippen LogP contribution in [-0.4, -0.2) is 80.2 Å². The van der Waals surface area contributed by atoms with Crippen LogP contribution in [0.25, 0.3) is 10.4 Å². The summed E-state index contributed by atoms with van der Waals surface area (Å²) in [6.07, 6.45) is -5.70. The number of nitrogens with one attached hydrogen (secondary N) is 3. The van der Waals surface area contributed by atoms with E-state index < -0.39 is 53.9 Å².